The Bertz CT molecular complexity index is 791. The lowest BCUT2D eigenvalue weighted by Crippen LogP contribution is -2.11. The molecule has 0 aliphatic rings. The fourth-order valence-electron chi connectivity index (χ4n) is 1.86. The molecule has 0 aromatic carbocycles. The predicted octanol–water partition coefficient (Wildman–Crippen LogP) is 2.72. The number of rotatable bonds is 3. The Morgan fingerprint density at radius 2 is 2.10 bits per heavy atom. The van der Waals surface area contributed by atoms with Crippen LogP contribution in [0.2, 0.25) is 0 Å². The summed E-state index contributed by atoms with van der Waals surface area (Å²) in [4.78, 5) is 22.4. The highest BCUT2D eigenvalue weighted by Gasteiger charge is 2.16. The van der Waals surface area contributed by atoms with Crippen LogP contribution < -0.4 is 4.90 Å². The molecule has 0 amide bonds. The molecule has 0 aliphatic carbocycles. The molecule has 0 fully saturated rings. The molecular weight excluding hydrogens is 278 g/mol. The van der Waals surface area contributed by atoms with E-state index < -0.39 is 5.97 Å². The monoisotopic (exact) mass is 289 g/mol. The molecule has 0 atom stereocenters. The highest BCUT2D eigenvalue weighted by Crippen LogP contribution is 2.30. The van der Waals surface area contributed by atoms with Gasteiger partial charge in [-0.1, -0.05) is 0 Å². The number of hydrogen-bond donors (Lipinski definition) is 1. The van der Waals surface area contributed by atoms with Crippen molar-refractivity contribution in [2.45, 2.75) is 0 Å². The van der Waals surface area contributed by atoms with Crippen LogP contribution in [0.25, 0.3) is 21.8 Å². The number of nitrogens with zero attached hydrogens (tertiary/aromatic N) is 3. The van der Waals surface area contributed by atoms with E-state index in [9.17, 15) is 4.79 Å². The Hall–Kier alpha value is -2.41. The van der Waals surface area contributed by atoms with Gasteiger partial charge in [0, 0.05) is 14.1 Å². The van der Waals surface area contributed by atoms with E-state index in [-0.39, 0.29) is 5.76 Å². The fraction of sp³-hybridized carbons (Fsp3) is 0.154. The lowest BCUT2D eigenvalue weighted by atomic mass is 10.3. The van der Waals surface area contributed by atoms with Gasteiger partial charge in [0.1, 0.15) is 10.6 Å². The first kappa shape index (κ1) is 12.6. The van der Waals surface area contributed by atoms with Crippen molar-refractivity contribution in [3.05, 3.63) is 29.3 Å². The van der Waals surface area contributed by atoms with Crippen molar-refractivity contribution in [1.29, 1.82) is 0 Å². The number of hydrogen-bond acceptors (Lipinski definition) is 6. The standard InChI is InChI=1S/C13H11N3O3S/c1-16(2)11-7-5-6-20-12(7)15-10(14-11)8-3-4-9(19-8)13(17)18/h3-6H,1-2H3,(H,17,18). The predicted molar refractivity (Wildman–Crippen MR) is 76.4 cm³/mol. The number of thiophene rings is 1. The summed E-state index contributed by atoms with van der Waals surface area (Å²) >= 11 is 1.51. The Morgan fingerprint density at radius 1 is 1.30 bits per heavy atom. The summed E-state index contributed by atoms with van der Waals surface area (Å²) < 4.78 is 5.25. The number of carboxylic acids is 1. The topological polar surface area (TPSA) is 79.5 Å². The van der Waals surface area contributed by atoms with Crippen LogP contribution in [0.15, 0.2) is 28.0 Å². The van der Waals surface area contributed by atoms with Crippen molar-refractivity contribution < 1.29 is 14.3 Å². The summed E-state index contributed by atoms with van der Waals surface area (Å²) in [6, 6.07) is 4.93. The van der Waals surface area contributed by atoms with Crippen LogP contribution >= 0.6 is 11.3 Å². The molecule has 3 heterocycles. The van der Waals surface area contributed by atoms with E-state index in [2.05, 4.69) is 9.97 Å². The van der Waals surface area contributed by atoms with E-state index in [0.717, 1.165) is 16.0 Å². The number of fused-ring (bicyclic) bond motifs is 1. The van der Waals surface area contributed by atoms with E-state index >= 15 is 0 Å². The van der Waals surface area contributed by atoms with E-state index in [1.165, 1.54) is 17.4 Å². The largest absolute Gasteiger partial charge is 0.475 e. The second-order valence-corrected chi connectivity index (χ2v) is 5.27. The van der Waals surface area contributed by atoms with Gasteiger partial charge in [-0.25, -0.2) is 14.8 Å². The Morgan fingerprint density at radius 3 is 2.75 bits per heavy atom. The van der Waals surface area contributed by atoms with Gasteiger partial charge >= 0.3 is 5.97 Å². The average Bonchev–Trinajstić information content (AvgIpc) is 3.06. The average molecular weight is 289 g/mol. The zero-order chi connectivity index (χ0) is 14.3. The van der Waals surface area contributed by atoms with Crippen LogP contribution in [0.3, 0.4) is 0 Å². The van der Waals surface area contributed by atoms with Crippen LogP contribution in [0.1, 0.15) is 10.6 Å². The second kappa shape index (κ2) is 4.61. The Labute approximate surface area is 118 Å². The third-order valence-corrected chi connectivity index (χ3v) is 3.57. The summed E-state index contributed by atoms with van der Waals surface area (Å²) in [5, 5.41) is 11.8. The van der Waals surface area contributed by atoms with Crippen molar-refractivity contribution in [2.75, 3.05) is 19.0 Å². The first-order chi connectivity index (χ1) is 9.56. The number of aromatic carboxylic acids is 1. The lowest BCUT2D eigenvalue weighted by Gasteiger charge is -2.12. The van der Waals surface area contributed by atoms with Crippen molar-refractivity contribution in [2.24, 2.45) is 0 Å². The van der Waals surface area contributed by atoms with Gasteiger partial charge in [0.25, 0.3) is 0 Å². The normalized spacial score (nSPS) is 10.9. The smallest absolute Gasteiger partial charge is 0.371 e. The minimum Gasteiger partial charge on any atom is -0.475 e. The molecular formula is C13H11N3O3S. The number of furan rings is 1. The van der Waals surface area contributed by atoms with Crippen LogP contribution in [-0.2, 0) is 0 Å². The van der Waals surface area contributed by atoms with Gasteiger partial charge in [-0.2, -0.15) is 0 Å². The third-order valence-electron chi connectivity index (χ3n) is 2.77. The number of anilines is 1. The van der Waals surface area contributed by atoms with Crippen LogP contribution in [0.5, 0.6) is 0 Å². The second-order valence-electron chi connectivity index (χ2n) is 4.37. The molecule has 0 unspecified atom stereocenters. The number of aromatic nitrogens is 2. The molecule has 0 bridgehead atoms. The van der Waals surface area contributed by atoms with E-state index in [4.69, 9.17) is 9.52 Å². The highest BCUT2D eigenvalue weighted by atomic mass is 32.1. The van der Waals surface area contributed by atoms with Gasteiger partial charge in [-0.15, -0.1) is 11.3 Å². The summed E-state index contributed by atoms with van der Waals surface area (Å²) in [5.41, 5.74) is 0. The van der Waals surface area contributed by atoms with Gasteiger partial charge in [0.2, 0.25) is 5.76 Å². The molecule has 3 rings (SSSR count). The summed E-state index contributed by atoms with van der Waals surface area (Å²) in [5.74, 6) is 0.277. The molecule has 3 aromatic heterocycles. The van der Waals surface area contributed by atoms with Crippen LogP contribution in [0.4, 0.5) is 5.82 Å². The molecule has 3 aromatic rings. The van der Waals surface area contributed by atoms with Crippen molar-refractivity contribution >= 4 is 33.3 Å². The molecule has 20 heavy (non-hydrogen) atoms. The first-order valence-corrected chi connectivity index (χ1v) is 6.70. The van der Waals surface area contributed by atoms with Gasteiger partial charge in [-0.3, -0.25) is 0 Å². The zero-order valence-electron chi connectivity index (χ0n) is 10.8. The molecule has 1 N–H and O–H groups in total. The molecule has 6 nitrogen and oxygen atoms in total. The van der Waals surface area contributed by atoms with E-state index in [1.54, 1.807) is 6.07 Å². The lowest BCUT2D eigenvalue weighted by molar-refractivity contribution is 0.0663. The summed E-state index contributed by atoms with van der Waals surface area (Å²) in [7, 11) is 3.79. The molecule has 7 heteroatoms. The van der Waals surface area contributed by atoms with Crippen molar-refractivity contribution in [3.63, 3.8) is 0 Å². The zero-order valence-corrected chi connectivity index (χ0v) is 11.6. The molecule has 102 valence electrons. The van der Waals surface area contributed by atoms with Crippen molar-refractivity contribution in [1.82, 2.24) is 9.97 Å². The Balaban J connectivity index is 2.17. The van der Waals surface area contributed by atoms with E-state index in [0.29, 0.717) is 11.6 Å². The third kappa shape index (κ3) is 2.01. The van der Waals surface area contributed by atoms with Gasteiger partial charge in [-0.05, 0) is 23.6 Å². The molecule has 0 aliphatic heterocycles. The molecule has 0 radical (unpaired) electrons. The van der Waals surface area contributed by atoms with Crippen molar-refractivity contribution in [3.8, 4) is 11.6 Å². The molecule has 0 saturated heterocycles. The Kier molecular flexibility index (Phi) is 2.90. The number of carbonyl (C=O) groups is 1. The van der Waals surface area contributed by atoms with Crippen LogP contribution in [0, 0.1) is 0 Å². The minimum atomic E-state index is -1.11. The SMILES string of the molecule is CN(C)c1nc(-c2ccc(C(=O)O)o2)nc2sccc12. The van der Waals surface area contributed by atoms with Gasteiger partial charge in [0.15, 0.2) is 11.6 Å². The van der Waals surface area contributed by atoms with Gasteiger partial charge < -0.3 is 14.4 Å². The number of carboxylic acid groups (broad SMARTS) is 1. The minimum absolute atomic E-state index is 0.124. The summed E-state index contributed by atoms with van der Waals surface area (Å²) in [6.45, 7) is 0. The first-order valence-electron chi connectivity index (χ1n) is 5.82. The van der Waals surface area contributed by atoms with E-state index in [1.807, 2.05) is 30.4 Å². The quantitative estimate of drug-likeness (QED) is 0.798. The maximum atomic E-state index is 10.9. The maximum Gasteiger partial charge on any atom is 0.371 e. The molecule has 0 spiro atoms. The maximum absolute atomic E-state index is 10.9. The fourth-order valence-corrected chi connectivity index (χ4v) is 2.62. The summed E-state index contributed by atoms with van der Waals surface area (Å²) in [6.07, 6.45) is 0. The van der Waals surface area contributed by atoms with Crippen LogP contribution in [-0.4, -0.2) is 35.1 Å². The molecule has 0 saturated carbocycles. The van der Waals surface area contributed by atoms with Gasteiger partial charge in [0.05, 0.1) is 5.39 Å². The highest BCUT2D eigenvalue weighted by molar-refractivity contribution is 7.16.